The van der Waals surface area contributed by atoms with Gasteiger partial charge in [-0.2, -0.15) is 26.7 Å². The van der Waals surface area contributed by atoms with E-state index in [-0.39, 0.29) is 5.69 Å². The number of Topliss-reactive ketones (excluding diaryl/α,β-unsaturated/α-hetero) is 1. The van der Waals surface area contributed by atoms with Crippen molar-refractivity contribution in [2.45, 2.75) is 17.5 Å². The minimum Gasteiger partial charge on any atom is -0.282 e. The molecule has 1 aliphatic rings. The molecule has 0 saturated heterocycles. The van der Waals surface area contributed by atoms with Crippen LogP contribution >= 0.6 is 0 Å². The van der Waals surface area contributed by atoms with Gasteiger partial charge in [-0.15, -0.1) is 0 Å². The lowest BCUT2D eigenvalue weighted by molar-refractivity contribution is -0.163. The molecule has 118 valence electrons. The third kappa shape index (κ3) is 3.14. The Morgan fingerprint density at radius 2 is 1.77 bits per heavy atom. The Balaban J connectivity index is 2.32. The van der Waals surface area contributed by atoms with E-state index >= 15 is 0 Å². The van der Waals surface area contributed by atoms with Crippen LogP contribution < -0.4 is 5.01 Å². The van der Waals surface area contributed by atoms with Crippen molar-refractivity contribution in [2.24, 2.45) is 5.10 Å². The van der Waals surface area contributed by atoms with Crippen LogP contribution in [0.2, 0.25) is 0 Å². The van der Waals surface area contributed by atoms with Crippen LogP contribution in [0.25, 0.3) is 0 Å². The maximum Gasteiger partial charge on any atom is 0.456 e. The normalized spacial score (nSPS) is 15.9. The predicted molar refractivity (Wildman–Crippen MR) is 66.9 cm³/mol. The number of alkyl halides is 3. The van der Waals surface area contributed by atoms with Crippen LogP contribution in [0.4, 0.5) is 18.9 Å². The second kappa shape index (κ2) is 5.18. The Labute approximate surface area is 121 Å². The number of anilines is 1. The summed E-state index contributed by atoms with van der Waals surface area (Å²) in [4.78, 5) is 22.2. The maximum absolute atomic E-state index is 12.3. The van der Waals surface area contributed by atoms with Gasteiger partial charge >= 0.3 is 6.18 Å². The fourth-order valence-corrected chi connectivity index (χ4v) is 2.16. The molecule has 1 aromatic carbocycles. The SMILES string of the molecule is O=C1CC(C(=O)C(F)(F)F)=NN1c1ccc(S(=O)(=O)O)cc1. The minimum absolute atomic E-state index is 0.0395. The quantitative estimate of drug-likeness (QED) is 0.834. The van der Waals surface area contributed by atoms with E-state index in [0.29, 0.717) is 5.01 Å². The van der Waals surface area contributed by atoms with E-state index in [1.165, 1.54) is 0 Å². The zero-order chi connectivity index (χ0) is 16.7. The van der Waals surface area contributed by atoms with Crippen molar-refractivity contribution in [3.63, 3.8) is 0 Å². The topological polar surface area (TPSA) is 104 Å². The molecule has 1 aliphatic heterocycles. The zero-order valence-electron chi connectivity index (χ0n) is 10.5. The highest BCUT2D eigenvalue weighted by Crippen LogP contribution is 2.25. The summed E-state index contributed by atoms with van der Waals surface area (Å²) >= 11 is 0. The number of carbonyl (C=O) groups is 2. The standard InChI is InChI=1S/C11H7F3N2O5S/c12-11(13,14)10(18)8-5-9(17)16(15-8)6-1-3-7(4-2-6)22(19,20)21/h1-4H,5H2,(H,19,20,21). The molecule has 0 spiro atoms. The molecule has 1 amide bonds. The molecule has 1 aromatic rings. The number of amides is 1. The first-order valence-corrected chi connectivity index (χ1v) is 7.03. The molecule has 1 N–H and O–H groups in total. The van der Waals surface area contributed by atoms with Crippen molar-refractivity contribution in [3.8, 4) is 0 Å². The van der Waals surface area contributed by atoms with Crippen LogP contribution in [0.3, 0.4) is 0 Å². The summed E-state index contributed by atoms with van der Waals surface area (Å²) in [5, 5.41) is 3.88. The summed E-state index contributed by atoms with van der Waals surface area (Å²) in [6, 6.07) is 4.01. The molecule has 0 bridgehead atoms. The molecule has 22 heavy (non-hydrogen) atoms. The minimum atomic E-state index is -5.13. The molecule has 0 aliphatic carbocycles. The number of hydrogen-bond acceptors (Lipinski definition) is 5. The smallest absolute Gasteiger partial charge is 0.282 e. The summed E-state index contributed by atoms with van der Waals surface area (Å²) in [5.74, 6) is -3.08. The average molecular weight is 336 g/mol. The van der Waals surface area contributed by atoms with Crippen LogP contribution in [-0.2, 0) is 19.7 Å². The number of ketones is 1. The summed E-state index contributed by atoms with van der Waals surface area (Å²) < 4.78 is 67.4. The van der Waals surface area contributed by atoms with Gasteiger partial charge in [0, 0.05) is 0 Å². The first-order chi connectivity index (χ1) is 10.00. The van der Waals surface area contributed by atoms with E-state index in [0.717, 1.165) is 24.3 Å². The summed E-state index contributed by atoms with van der Waals surface area (Å²) in [7, 11) is -4.44. The van der Waals surface area contributed by atoms with Gasteiger partial charge in [-0.25, -0.2) is 5.01 Å². The Morgan fingerprint density at radius 1 is 1.23 bits per heavy atom. The predicted octanol–water partition coefficient (Wildman–Crippen LogP) is 1.16. The van der Waals surface area contributed by atoms with E-state index in [9.17, 15) is 31.2 Å². The zero-order valence-corrected chi connectivity index (χ0v) is 11.3. The third-order valence-electron chi connectivity index (χ3n) is 2.67. The second-order valence-electron chi connectivity index (χ2n) is 4.22. The molecule has 1 heterocycles. The van der Waals surface area contributed by atoms with Crippen LogP contribution in [0.5, 0.6) is 0 Å². The van der Waals surface area contributed by atoms with Gasteiger partial charge in [0.15, 0.2) is 0 Å². The molecule has 0 fully saturated rings. The number of carbonyl (C=O) groups excluding carboxylic acids is 2. The van der Waals surface area contributed by atoms with Crippen molar-refractivity contribution in [3.05, 3.63) is 24.3 Å². The first-order valence-electron chi connectivity index (χ1n) is 5.59. The summed E-state index contributed by atoms with van der Waals surface area (Å²) in [5.41, 5.74) is -0.987. The number of hydrogen-bond donors (Lipinski definition) is 1. The fourth-order valence-electron chi connectivity index (χ4n) is 1.68. The molecule has 7 nitrogen and oxygen atoms in total. The van der Waals surface area contributed by atoms with Crippen LogP contribution in [-0.4, -0.2) is 36.5 Å². The van der Waals surface area contributed by atoms with Gasteiger partial charge in [0.2, 0.25) is 0 Å². The first kappa shape index (κ1) is 16.1. The fraction of sp³-hybridized carbons (Fsp3) is 0.182. The van der Waals surface area contributed by atoms with Gasteiger partial charge in [0.05, 0.1) is 17.0 Å². The molecule has 0 saturated carbocycles. The molecule has 0 atom stereocenters. The average Bonchev–Trinajstić information content (AvgIpc) is 2.78. The molecule has 11 heteroatoms. The largest absolute Gasteiger partial charge is 0.456 e. The Morgan fingerprint density at radius 3 is 2.23 bits per heavy atom. The lowest BCUT2D eigenvalue weighted by atomic mass is 10.2. The van der Waals surface area contributed by atoms with Crippen molar-refractivity contribution in [1.82, 2.24) is 0 Å². The second-order valence-corrected chi connectivity index (χ2v) is 5.65. The van der Waals surface area contributed by atoms with E-state index in [2.05, 4.69) is 5.10 Å². The monoisotopic (exact) mass is 336 g/mol. The third-order valence-corrected chi connectivity index (χ3v) is 3.54. The van der Waals surface area contributed by atoms with Crippen molar-refractivity contribution in [2.75, 3.05) is 5.01 Å². The molecular formula is C11H7F3N2O5S. The van der Waals surface area contributed by atoms with E-state index in [1.807, 2.05) is 0 Å². The van der Waals surface area contributed by atoms with Gasteiger partial charge in [0.25, 0.3) is 21.8 Å². The molecule has 2 rings (SSSR count). The highest BCUT2D eigenvalue weighted by molar-refractivity contribution is 7.85. The number of hydrazone groups is 1. The Hall–Kier alpha value is -2.27. The van der Waals surface area contributed by atoms with Gasteiger partial charge in [-0.1, -0.05) is 0 Å². The van der Waals surface area contributed by atoms with Crippen LogP contribution in [0, 0.1) is 0 Å². The molecular weight excluding hydrogens is 329 g/mol. The van der Waals surface area contributed by atoms with Crippen LogP contribution in [0.15, 0.2) is 34.3 Å². The highest BCUT2D eigenvalue weighted by Gasteiger charge is 2.45. The number of rotatable bonds is 3. The lowest BCUT2D eigenvalue weighted by Gasteiger charge is -2.11. The molecule has 0 radical (unpaired) electrons. The van der Waals surface area contributed by atoms with Gasteiger partial charge in [0.1, 0.15) is 5.71 Å². The number of nitrogens with zero attached hydrogens (tertiary/aromatic N) is 2. The van der Waals surface area contributed by atoms with Gasteiger partial charge in [-0.05, 0) is 24.3 Å². The highest BCUT2D eigenvalue weighted by atomic mass is 32.2. The number of halogens is 3. The van der Waals surface area contributed by atoms with Crippen molar-refractivity contribution in [1.29, 1.82) is 0 Å². The maximum atomic E-state index is 12.3. The Bertz CT molecular complexity index is 768. The summed E-state index contributed by atoms with van der Waals surface area (Å²) in [6.45, 7) is 0. The van der Waals surface area contributed by atoms with Gasteiger partial charge in [-0.3, -0.25) is 14.1 Å². The lowest BCUT2D eigenvalue weighted by Crippen LogP contribution is -2.30. The number of benzene rings is 1. The van der Waals surface area contributed by atoms with Crippen molar-refractivity contribution < 1.29 is 35.7 Å². The van der Waals surface area contributed by atoms with E-state index < -0.39 is 45.0 Å². The van der Waals surface area contributed by atoms with E-state index in [1.54, 1.807) is 0 Å². The molecule has 0 aromatic heterocycles. The van der Waals surface area contributed by atoms with Crippen LogP contribution in [0.1, 0.15) is 6.42 Å². The van der Waals surface area contributed by atoms with Crippen molar-refractivity contribution >= 4 is 33.2 Å². The Kier molecular flexibility index (Phi) is 3.79. The molecule has 0 unspecified atom stereocenters. The summed E-state index contributed by atoms with van der Waals surface area (Å²) in [6.07, 6.45) is -5.94. The van der Waals surface area contributed by atoms with Gasteiger partial charge < -0.3 is 0 Å². The van der Waals surface area contributed by atoms with E-state index in [4.69, 9.17) is 4.55 Å².